The van der Waals surface area contributed by atoms with Crippen molar-refractivity contribution in [2.24, 2.45) is 0 Å². The molecule has 5 heteroatoms. The van der Waals surface area contributed by atoms with Gasteiger partial charge in [0.25, 0.3) is 0 Å². The Kier molecular flexibility index (Phi) is 4.36. The summed E-state index contributed by atoms with van der Waals surface area (Å²) in [4.78, 5) is 12.6. The zero-order chi connectivity index (χ0) is 20.0. The maximum atomic E-state index is 14.9. The molecule has 1 atom stereocenters. The normalized spacial score (nSPS) is 15.9. The quantitative estimate of drug-likeness (QED) is 0.449. The number of nitrogens with zero attached hydrogens (tertiary/aromatic N) is 1. The fraction of sp³-hybridized carbons (Fsp3) is 0.125. The second-order valence-corrected chi connectivity index (χ2v) is 7.75. The Bertz CT molecular complexity index is 1230. The van der Waals surface area contributed by atoms with Crippen molar-refractivity contribution >= 4 is 34.1 Å². The second kappa shape index (κ2) is 7.05. The molecule has 0 saturated carbocycles. The van der Waals surface area contributed by atoms with Crippen molar-refractivity contribution in [3.63, 3.8) is 0 Å². The number of nitrogens with one attached hydrogen (secondary N) is 1. The topological polar surface area (TPSA) is 34.0 Å². The summed E-state index contributed by atoms with van der Waals surface area (Å²) in [5, 5.41) is 4.02. The molecule has 1 aromatic heterocycles. The van der Waals surface area contributed by atoms with Crippen molar-refractivity contribution in [1.82, 2.24) is 4.57 Å². The molecule has 1 aliphatic rings. The fourth-order valence-corrected chi connectivity index (χ4v) is 4.41. The van der Waals surface area contributed by atoms with Gasteiger partial charge in [0.05, 0.1) is 16.2 Å². The van der Waals surface area contributed by atoms with Crippen molar-refractivity contribution < 1.29 is 9.18 Å². The predicted molar refractivity (Wildman–Crippen MR) is 114 cm³/mol. The largest absolute Gasteiger partial charge is 0.343 e. The molecular formula is C24H18ClFN2O. The summed E-state index contributed by atoms with van der Waals surface area (Å²) < 4.78 is 17.1. The lowest BCUT2D eigenvalue weighted by molar-refractivity contribution is -0.116. The Morgan fingerprint density at radius 3 is 2.62 bits per heavy atom. The lowest BCUT2D eigenvalue weighted by atomic mass is 9.88. The Morgan fingerprint density at radius 1 is 1.00 bits per heavy atom. The highest BCUT2D eigenvalue weighted by atomic mass is 35.5. The number of hydrogen-bond donors (Lipinski definition) is 1. The highest BCUT2D eigenvalue weighted by Gasteiger charge is 2.30. The third-order valence-corrected chi connectivity index (χ3v) is 5.82. The van der Waals surface area contributed by atoms with Crippen LogP contribution in [0.4, 0.5) is 10.1 Å². The maximum Gasteiger partial charge on any atom is 0.225 e. The van der Waals surface area contributed by atoms with Gasteiger partial charge in [-0.3, -0.25) is 4.79 Å². The van der Waals surface area contributed by atoms with E-state index >= 15 is 0 Å². The van der Waals surface area contributed by atoms with Gasteiger partial charge < -0.3 is 9.88 Å². The van der Waals surface area contributed by atoms with Crippen LogP contribution in [0.3, 0.4) is 0 Å². The fourth-order valence-electron chi connectivity index (χ4n) is 4.23. The first-order valence-electron chi connectivity index (χ1n) is 9.51. The Labute approximate surface area is 172 Å². The van der Waals surface area contributed by atoms with Crippen molar-refractivity contribution in [3.05, 3.63) is 100 Å². The zero-order valence-corrected chi connectivity index (χ0v) is 16.3. The van der Waals surface area contributed by atoms with Crippen LogP contribution in [-0.2, 0) is 11.3 Å². The van der Waals surface area contributed by atoms with Gasteiger partial charge in [0.15, 0.2) is 0 Å². The molecule has 5 rings (SSSR count). The highest BCUT2D eigenvalue weighted by Crippen LogP contribution is 2.42. The van der Waals surface area contributed by atoms with Crippen LogP contribution in [0.2, 0.25) is 5.02 Å². The molecule has 1 amide bonds. The SMILES string of the molecule is O=C1CC(c2cccc(Cl)c2F)c2cn(Cc3ccccc3)c3cccc(c23)N1. The van der Waals surface area contributed by atoms with Gasteiger partial charge in [-0.05, 0) is 34.9 Å². The minimum absolute atomic E-state index is 0.0698. The number of carbonyl (C=O) groups excluding carboxylic acids is 1. The molecule has 144 valence electrons. The number of hydrogen-bond acceptors (Lipinski definition) is 1. The first-order valence-corrected chi connectivity index (χ1v) is 9.89. The average Bonchev–Trinajstić information content (AvgIpc) is 3.01. The van der Waals surface area contributed by atoms with Crippen LogP contribution >= 0.6 is 11.6 Å². The van der Waals surface area contributed by atoms with E-state index in [2.05, 4.69) is 22.0 Å². The third kappa shape index (κ3) is 3.10. The van der Waals surface area contributed by atoms with E-state index in [1.165, 1.54) is 11.6 Å². The Balaban J connectivity index is 1.73. The number of benzene rings is 3. The molecule has 2 heterocycles. The molecule has 29 heavy (non-hydrogen) atoms. The van der Waals surface area contributed by atoms with E-state index in [4.69, 9.17) is 11.6 Å². The molecule has 0 spiro atoms. The highest BCUT2D eigenvalue weighted by molar-refractivity contribution is 6.30. The molecule has 0 fully saturated rings. The van der Waals surface area contributed by atoms with Gasteiger partial charge in [-0.15, -0.1) is 0 Å². The minimum atomic E-state index is -0.463. The first-order chi connectivity index (χ1) is 14.1. The summed E-state index contributed by atoms with van der Waals surface area (Å²) >= 11 is 6.04. The van der Waals surface area contributed by atoms with Crippen molar-refractivity contribution in [3.8, 4) is 0 Å². The van der Waals surface area contributed by atoms with Gasteiger partial charge in [-0.2, -0.15) is 0 Å². The number of halogens is 2. The molecule has 0 radical (unpaired) electrons. The Morgan fingerprint density at radius 2 is 1.79 bits per heavy atom. The molecule has 3 aromatic carbocycles. The number of anilines is 1. The van der Waals surface area contributed by atoms with Crippen LogP contribution in [-0.4, -0.2) is 10.5 Å². The number of aromatic nitrogens is 1. The zero-order valence-electron chi connectivity index (χ0n) is 15.5. The van der Waals surface area contributed by atoms with E-state index in [0.717, 1.165) is 22.2 Å². The molecule has 3 nitrogen and oxygen atoms in total. The molecule has 1 aliphatic heterocycles. The van der Waals surface area contributed by atoms with E-state index < -0.39 is 11.7 Å². The van der Waals surface area contributed by atoms with Crippen LogP contribution < -0.4 is 5.32 Å². The summed E-state index contributed by atoms with van der Waals surface area (Å²) in [5.41, 5.74) is 4.33. The van der Waals surface area contributed by atoms with Crippen LogP contribution in [0.1, 0.15) is 29.0 Å². The van der Waals surface area contributed by atoms with Crippen LogP contribution in [0.25, 0.3) is 10.9 Å². The average molecular weight is 405 g/mol. The van der Waals surface area contributed by atoms with Gasteiger partial charge in [0.1, 0.15) is 5.82 Å². The van der Waals surface area contributed by atoms with Gasteiger partial charge in [0, 0.05) is 30.5 Å². The van der Waals surface area contributed by atoms with E-state index in [1.54, 1.807) is 12.1 Å². The van der Waals surface area contributed by atoms with Gasteiger partial charge >= 0.3 is 0 Å². The number of carbonyl (C=O) groups is 1. The summed E-state index contributed by atoms with van der Waals surface area (Å²) in [6.07, 6.45) is 2.21. The van der Waals surface area contributed by atoms with E-state index in [0.29, 0.717) is 12.1 Å². The minimum Gasteiger partial charge on any atom is -0.343 e. The molecular weight excluding hydrogens is 387 g/mol. The number of rotatable bonds is 3. The molecule has 1 unspecified atom stereocenters. The maximum absolute atomic E-state index is 14.9. The lowest BCUT2D eigenvalue weighted by Gasteiger charge is -2.16. The van der Waals surface area contributed by atoms with E-state index in [9.17, 15) is 9.18 Å². The first kappa shape index (κ1) is 18.0. The smallest absolute Gasteiger partial charge is 0.225 e. The van der Waals surface area contributed by atoms with Crippen molar-refractivity contribution in [2.75, 3.05) is 5.32 Å². The summed E-state index contributed by atoms with van der Waals surface area (Å²) in [7, 11) is 0. The summed E-state index contributed by atoms with van der Waals surface area (Å²) in [6, 6.07) is 21.0. The van der Waals surface area contributed by atoms with E-state index in [-0.39, 0.29) is 17.4 Å². The third-order valence-electron chi connectivity index (χ3n) is 5.53. The van der Waals surface area contributed by atoms with Crippen LogP contribution in [0, 0.1) is 5.82 Å². The summed E-state index contributed by atoms with van der Waals surface area (Å²) in [6.45, 7) is 0.694. The molecule has 0 saturated heterocycles. The predicted octanol–water partition coefficient (Wildman–Crippen LogP) is 5.96. The lowest BCUT2D eigenvalue weighted by Crippen LogP contribution is -2.14. The van der Waals surface area contributed by atoms with Gasteiger partial charge in [0.2, 0.25) is 5.91 Å². The molecule has 0 bridgehead atoms. The second-order valence-electron chi connectivity index (χ2n) is 7.35. The van der Waals surface area contributed by atoms with Crippen molar-refractivity contribution in [2.45, 2.75) is 18.9 Å². The summed E-state index contributed by atoms with van der Waals surface area (Å²) in [5.74, 6) is -1.00. The molecule has 1 N–H and O–H groups in total. The van der Waals surface area contributed by atoms with Crippen LogP contribution in [0.5, 0.6) is 0 Å². The van der Waals surface area contributed by atoms with E-state index in [1.807, 2.05) is 42.6 Å². The molecule has 0 aliphatic carbocycles. The Hall–Kier alpha value is -3.11. The monoisotopic (exact) mass is 404 g/mol. The van der Waals surface area contributed by atoms with Gasteiger partial charge in [-0.1, -0.05) is 60.1 Å². The van der Waals surface area contributed by atoms with Gasteiger partial charge in [-0.25, -0.2) is 4.39 Å². The number of amides is 1. The van der Waals surface area contributed by atoms with Crippen LogP contribution in [0.15, 0.2) is 72.9 Å². The standard InChI is InChI=1S/C24H18ClFN2O/c25-19-9-4-8-16(24(19)26)17-12-22(29)27-20-10-5-11-21-23(20)18(17)14-28(21)13-15-6-2-1-3-7-15/h1-11,14,17H,12-13H2,(H,27,29). The molecule has 4 aromatic rings. The van der Waals surface area contributed by atoms with Crippen molar-refractivity contribution in [1.29, 1.82) is 0 Å².